The van der Waals surface area contributed by atoms with E-state index >= 15 is 0 Å². The van der Waals surface area contributed by atoms with Gasteiger partial charge in [-0.1, -0.05) is 32.0 Å². The molecule has 0 saturated carbocycles. The van der Waals surface area contributed by atoms with Crippen LogP contribution in [0, 0.1) is 12.8 Å². The summed E-state index contributed by atoms with van der Waals surface area (Å²) in [5, 5.41) is 2.70. The van der Waals surface area contributed by atoms with E-state index in [-0.39, 0.29) is 6.61 Å². The first-order chi connectivity index (χ1) is 12.4. The standard InChI is InChI=1S/C21H25NO4/c1-14(2)11-16-6-8-17(9-7-16)21(24)26-13-20(23)22-18-12-15(3)5-10-19(18)25-4/h5-10,12,14H,11,13H2,1-4H3,(H,22,23). The summed E-state index contributed by atoms with van der Waals surface area (Å²) >= 11 is 0. The molecule has 5 heteroatoms. The van der Waals surface area contributed by atoms with Crippen molar-refractivity contribution in [1.29, 1.82) is 0 Å². The van der Waals surface area contributed by atoms with E-state index in [2.05, 4.69) is 19.2 Å². The summed E-state index contributed by atoms with van der Waals surface area (Å²) < 4.78 is 10.3. The number of aryl methyl sites for hydroxylation is 1. The van der Waals surface area contributed by atoms with Gasteiger partial charge >= 0.3 is 5.97 Å². The quantitative estimate of drug-likeness (QED) is 0.763. The number of hydrogen-bond acceptors (Lipinski definition) is 4. The molecule has 0 radical (unpaired) electrons. The molecule has 0 aromatic heterocycles. The van der Waals surface area contributed by atoms with Crippen molar-refractivity contribution in [3.63, 3.8) is 0 Å². The Morgan fingerprint density at radius 2 is 1.77 bits per heavy atom. The molecule has 0 fully saturated rings. The zero-order valence-corrected chi connectivity index (χ0v) is 15.7. The van der Waals surface area contributed by atoms with Crippen molar-refractivity contribution in [3.8, 4) is 5.75 Å². The highest BCUT2D eigenvalue weighted by Gasteiger charge is 2.12. The molecule has 5 nitrogen and oxygen atoms in total. The van der Waals surface area contributed by atoms with Crippen molar-refractivity contribution in [2.45, 2.75) is 27.2 Å². The first kappa shape index (κ1) is 19.5. The van der Waals surface area contributed by atoms with Gasteiger partial charge in [0, 0.05) is 0 Å². The number of carbonyl (C=O) groups excluding carboxylic acids is 2. The van der Waals surface area contributed by atoms with E-state index in [1.54, 1.807) is 24.3 Å². The molecule has 0 unspecified atom stereocenters. The van der Waals surface area contributed by atoms with Gasteiger partial charge in [-0.3, -0.25) is 4.79 Å². The van der Waals surface area contributed by atoms with Crippen molar-refractivity contribution in [1.82, 2.24) is 0 Å². The maximum Gasteiger partial charge on any atom is 0.338 e. The molecule has 0 spiro atoms. The van der Waals surface area contributed by atoms with Crippen molar-refractivity contribution >= 4 is 17.6 Å². The molecule has 138 valence electrons. The summed E-state index contributed by atoms with van der Waals surface area (Å²) in [5.74, 6) is 0.164. The van der Waals surface area contributed by atoms with Crippen LogP contribution >= 0.6 is 0 Å². The Morgan fingerprint density at radius 1 is 1.08 bits per heavy atom. The van der Waals surface area contributed by atoms with Crippen molar-refractivity contribution in [3.05, 3.63) is 59.2 Å². The van der Waals surface area contributed by atoms with E-state index < -0.39 is 11.9 Å². The SMILES string of the molecule is COc1ccc(C)cc1NC(=O)COC(=O)c1ccc(CC(C)C)cc1. The van der Waals surface area contributed by atoms with Crippen molar-refractivity contribution < 1.29 is 19.1 Å². The minimum absolute atomic E-state index is 0.357. The third kappa shape index (κ3) is 5.62. The Morgan fingerprint density at radius 3 is 2.38 bits per heavy atom. The molecule has 2 aromatic rings. The molecule has 2 rings (SSSR count). The van der Waals surface area contributed by atoms with Crippen LogP contribution in [0.3, 0.4) is 0 Å². The number of ether oxygens (including phenoxy) is 2. The molecular formula is C21H25NO4. The third-order valence-electron chi connectivity index (χ3n) is 3.80. The molecule has 0 aliphatic rings. The Bertz CT molecular complexity index is 766. The monoisotopic (exact) mass is 355 g/mol. The van der Waals surface area contributed by atoms with Crippen LogP contribution < -0.4 is 10.1 Å². The smallest absolute Gasteiger partial charge is 0.338 e. The van der Waals surface area contributed by atoms with Crippen LogP contribution in [0.1, 0.15) is 35.3 Å². The number of rotatable bonds is 7. The van der Waals surface area contributed by atoms with Gasteiger partial charge in [0.2, 0.25) is 0 Å². The molecule has 1 N–H and O–H groups in total. The molecule has 2 aromatic carbocycles. The number of carbonyl (C=O) groups is 2. The first-order valence-electron chi connectivity index (χ1n) is 8.59. The average Bonchev–Trinajstić information content (AvgIpc) is 2.60. The van der Waals surface area contributed by atoms with Gasteiger partial charge < -0.3 is 14.8 Å². The minimum Gasteiger partial charge on any atom is -0.495 e. The summed E-state index contributed by atoms with van der Waals surface area (Å²) in [4.78, 5) is 24.1. The van der Waals surface area contributed by atoms with E-state index in [1.807, 2.05) is 25.1 Å². The summed E-state index contributed by atoms with van der Waals surface area (Å²) in [7, 11) is 1.53. The summed E-state index contributed by atoms with van der Waals surface area (Å²) in [6, 6.07) is 12.7. The number of hydrogen-bond donors (Lipinski definition) is 1. The summed E-state index contributed by atoms with van der Waals surface area (Å²) in [5.41, 5.74) is 3.13. The fraction of sp³-hybridized carbons (Fsp3) is 0.333. The van der Waals surface area contributed by atoms with Crippen LogP contribution in [0.15, 0.2) is 42.5 Å². The predicted molar refractivity (Wildman–Crippen MR) is 102 cm³/mol. The normalized spacial score (nSPS) is 10.5. The van der Waals surface area contributed by atoms with E-state index in [9.17, 15) is 9.59 Å². The van der Waals surface area contributed by atoms with Crippen LogP contribution in [0.25, 0.3) is 0 Å². The second kappa shape index (κ2) is 9.04. The average molecular weight is 355 g/mol. The van der Waals surface area contributed by atoms with Gasteiger partial charge in [0.1, 0.15) is 5.75 Å². The van der Waals surface area contributed by atoms with Gasteiger partial charge in [0.15, 0.2) is 6.61 Å². The number of methoxy groups -OCH3 is 1. The number of benzene rings is 2. The number of amides is 1. The summed E-state index contributed by atoms with van der Waals surface area (Å²) in [6.45, 7) is 5.84. The van der Waals surface area contributed by atoms with Gasteiger partial charge in [-0.05, 0) is 54.7 Å². The second-order valence-corrected chi connectivity index (χ2v) is 6.62. The number of anilines is 1. The number of nitrogens with one attached hydrogen (secondary N) is 1. The lowest BCUT2D eigenvalue weighted by Crippen LogP contribution is -2.21. The first-order valence-corrected chi connectivity index (χ1v) is 8.59. The molecule has 0 heterocycles. The fourth-order valence-corrected chi connectivity index (χ4v) is 2.57. The summed E-state index contributed by atoms with van der Waals surface area (Å²) in [6.07, 6.45) is 0.954. The van der Waals surface area contributed by atoms with Gasteiger partial charge in [0.05, 0.1) is 18.4 Å². The number of esters is 1. The molecule has 0 atom stereocenters. The fourth-order valence-electron chi connectivity index (χ4n) is 2.57. The molecular weight excluding hydrogens is 330 g/mol. The van der Waals surface area contributed by atoms with Crippen molar-refractivity contribution in [2.75, 3.05) is 19.0 Å². The molecule has 26 heavy (non-hydrogen) atoms. The topological polar surface area (TPSA) is 64.6 Å². The maximum atomic E-state index is 12.1. The van der Waals surface area contributed by atoms with E-state index in [0.717, 1.165) is 12.0 Å². The van der Waals surface area contributed by atoms with Crippen molar-refractivity contribution in [2.24, 2.45) is 5.92 Å². The van der Waals surface area contributed by atoms with Gasteiger partial charge in [-0.25, -0.2) is 4.79 Å². The third-order valence-corrected chi connectivity index (χ3v) is 3.80. The Hall–Kier alpha value is -2.82. The van der Waals surface area contributed by atoms with Gasteiger partial charge in [-0.15, -0.1) is 0 Å². The largest absolute Gasteiger partial charge is 0.495 e. The highest BCUT2D eigenvalue weighted by atomic mass is 16.5. The van der Waals surface area contributed by atoms with Gasteiger partial charge in [0.25, 0.3) is 5.91 Å². The van der Waals surface area contributed by atoms with Crippen LogP contribution in [0.2, 0.25) is 0 Å². The second-order valence-electron chi connectivity index (χ2n) is 6.62. The van der Waals surface area contributed by atoms with E-state index in [0.29, 0.717) is 22.9 Å². The van der Waals surface area contributed by atoms with Gasteiger partial charge in [-0.2, -0.15) is 0 Å². The molecule has 0 aliphatic heterocycles. The van der Waals surface area contributed by atoms with Crippen LogP contribution in [0.4, 0.5) is 5.69 Å². The highest BCUT2D eigenvalue weighted by molar-refractivity contribution is 5.96. The van der Waals surface area contributed by atoms with Crippen LogP contribution in [-0.4, -0.2) is 25.6 Å². The maximum absolute atomic E-state index is 12.1. The molecule has 0 saturated heterocycles. The highest BCUT2D eigenvalue weighted by Crippen LogP contribution is 2.25. The zero-order valence-electron chi connectivity index (χ0n) is 15.7. The molecule has 1 amide bonds. The Kier molecular flexibility index (Phi) is 6.78. The van der Waals surface area contributed by atoms with E-state index in [1.165, 1.54) is 12.7 Å². The Labute approximate surface area is 154 Å². The minimum atomic E-state index is -0.521. The zero-order chi connectivity index (χ0) is 19.1. The van der Waals surface area contributed by atoms with E-state index in [4.69, 9.17) is 9.47 Å². The predicted octanol–water partition coefficient (Wildman–Crippen LogP) is 4.00. The lowest BCUT2D eigenvalue weighted by molar-refractivity contribution is -0.119. The lowest BCUT2D eigenvalue weighted by Gasteiger charge is -2.11. The Balaban J connectivity index is 1.90. The lowest BCUT2D eigenvalue weighted by atomic mass is 10.0. The molecule has 0 bridgehead atoms. The van der Waals surface area contributed by atoms with Crippen LogP contribution in [0.5, 0.6) is 5.75 Å². The molecule has 0 aliphatic carbocycles. The van der Waals surface area contributed by atoms with Crippen LogP contribution in [-0.2, 0) is 16.0 Å².